The average molecular weight is 267 g/mol. The highest BCUT2D eigenvalue weighted by molar-refractivity contribution is 6.48. The van der Waals surface area contributed by atoms with Crippen LogP contribution in [0, 0.1) is 0 Å². The van der Waals surface area contributed by atoms with E-state index in [-0.39, 0.29) is 6.61 Å². The van der Waals surface area contributed by atoms with Crippen molar-refractivity contribution in [2.75, 3.05) is 6.61 Å². The summed E-state index contributed by atoms with van der Waals surface area (Å²) in [7, 11) is 0. The molecule has 2 aromatic rings. The van der Waals surface area contributed by atoms with Crippen LogP contribution in [0.5, 0.6) is 0 Å². The highest BCUT2D eigenvalue weighted by Gasteiger charge is 2.28. The lowest BCUT2D eigenvalue weighted by Crippen LogP contribution is -2.16. The summed E-state index contributed by atoms with van der Waals surface area (Å²) in [5.74, 6) is 0. The van der Waals surface area contributed by atoms with Gasteiger partial charge in [-0.15, -0.1) is 0 Å². The van der Waals surface area contributed by atoms with E-state index in [1.54, 1.807) is 0 Å². The maximum absolute atomic E-state index is 9.25. The van der Waals surface area contributed by atoms with Crippen LogP contribution < -0.4 is 0 Å². The minimum absolute atomic E-state index is 0.319. The maximum Gasteiger partial charge on any atom is 0.166 e. The van der Waals surface area contributed by atoms with Gasteiger partial charge in [-0.25, -0.2) is 0 Å². The number of benzene rings is 2. The van der Waals surface area contributed by atoms with Crippen LogP contribution in [-0.2, 0) is 4.33 Å². The van der Waals surface area contributed by atoms with Crippen molar-refractivity contribution in [3.05, 3.63) is 60.2 Å². The molecule has 0 radical (unpaired) electrons. The Bertz CT molecular complexity index is 495. The molecule has 2 aromatic carbocycles. The summed E-state index contributed by atoms with van der Waals surface area (Å²) in [6, 6.07) is 17.4. The van der Waals surface area contributed by atoms with Gasteiger partial charge in [0.05, 0.1) is 6.61 Å². The van der Waals surface area contributed by atoms with Crippen LogP contribution in [0.1, 0.15) is 5.56 Å². The molecule has 0 saturated heterocycles. The lowest BCUT2D eigenvalue weighted by atomic mass is 9.97. The third kappa shape index (κ3) is 2.63. The van der Waals surface area contributed by atoms with E-state index in [4.69, 9.17) is 23.2 Å². The number of hydrogen-bond acceptors (Lipinski definition) is 1. The van der Waals surface area contributed by atoms with Gasteiger partial charge in [-0.05, 0) is 16.7 Å². The minimum atomic E-state index is -1.27. The van der Waals surface area contributed by atoms with Gasteiger partial charge in [0.2, 0.25) is 0 Å². The number of aliphatic hydroxyl groups is 1. The molecular weight excluding hydrogens is 255 g/mol. The van der Waals surface area contributed by atoms with Gasteiger partial charge in [0.15, 0.2) is 4.33 Å². The smallest absolute Gasteiger partial charge is 0.166 e. The molecule has 0 saturated carbocycles. The molecule has 0 aliphatic rings. The normalized spacial score (nSPS) is 11.5. The number of hydrogen-bond donors (Lipinski definition) is 1. The summed E-state index contributed by atoms with van der Waals surface area (Å²) in [5, 5.41) is 9.25. The van der Waals surface area contributed by atoms with E-state index < -0.39 is 4.33 Å². The lowest BCUT2D eigenvalue weighted by molar-refractivity contribution is 0.280. The summed E-state index contributed by atoms with van der Waals surface area (Å²) in [6.45, 7) is -0.319. The first-order chi connectivity index (χ1) is 8.15. The van der Waals surface area contributed by atoms with Crippen molar-refractivity contribution in [3.63, 3.8) is 0 Å². The van der Waals surface area contributed by atoms with Gasteiger partial charge >= 0.3 is 0 Å². The average Bonchev–Trinajstić information content (AvgIpc) is 2.40. The lowest BCUT2D eigenvalue weighted by Gasteiger charge is -2.20. The first kappa shape index (κ1) is 12.4. The molecule has 88 valence electrons. The van der Waals surface area contributed by atoms with E-state index in [2.05, 4.69) is 0 Å². The summed E-state index contributed by atoms with van der Waals surface area (Å²) in [6.07, 6.45) is 0. The Labute approximate surface area is 111 Å². The van der Waals surface area contributed by atoms with E-state index in [1.807, 2.05) is 54.6 Å². The fraction of sp³-hybridized carbons (Fsp3) is 0.143. The standard InChI is InChI=1S/C14H12Cl2O/c15-14(16,10-17)13-9-5-4-8-12(13)11-6-2-1-3-7-11/h1-9,17H,10H2. The van der Waals surface area contributed by atoms with Crippen LogP contribution in [0.3, 0.4) is 0 Å². The molecule has 0 spiro atoms. The summed E-state index contributed by atoms with van der Waals surface area (Å²) < 4.78 is -1.27. The van der Waals surface area contributed by atoms with Crippen molar-refractivity contribution in [1.29, 1.82) is 0 Å². The second kappa shape index (κ2) is 5.09. The van der Waals surface area contributed by atoms with Gasteiger partial charge in [-0.3, -0.25) is 0 Å². The summed E-state index contributed by atoms with van der Waals surface area (Å²) in [5.41, 5.74) is 2.69. The molecule has 0 bridgehead atoms. The van der Waals surface area contributed by atoms with E-state index in [0.29, 0.717) is 0 Å². The second-order valence-electron chi connectivity index (χ2n) is 3.77. The first-order valence-corrected chi connectivity index (χ1v) is 6.04. The molecule has 0 fully saturated rings. The van der Waals surface area contributed by atoms with Gasteiger partial charge in [0.25, 0.3) is 0 Å². The predicted molar refractivity (Wildman–Crippen MR) is 72.3 cm³/mol. The molecule has 0 atom stereocenters. The monoisotopic (exact) mass is 266 g/mol. The zero-order valence-electron chi connectivity index (χ0n) is 9.11. The van der Waals surface area contributed by atoms with E-state index in [9.17, 15) is 5.11 Å². The Kier molecular flexibility index (Phi) is 3.72. The molecule has 0 aliphatic heterocycles. The maximum atomic E-state index is 9.25. The molecule has 3 heteroatoms. The molecule has 1 N–H and O–H groups in total. The van der Waals surface area contributed by atoms with E-state index in [0.717, 1.165) is 16.7 Å². The molecule has 0 aliphatic carbocycles. The zero-order chi connectivity index (χ0) is 12.3. The fourth-order valence-electron chi connectivity index (χ4n) is 1.76. The second-order valence-corrected chi connectivity index (χ2v) is 5.26. The highest BCUT2D eigenvalue weighted by atomic mass is 35.5. The van der Waals surface area contributed by atoms with Crippen LogP contribution in [0.4, 0.5) is 0 Å². The molecular formula is C14H12Cl2O. The van der Waals surface area contributed by atoms with E-state index >= 15 is 0 Å². The topological polar surface area (TPSA) is 20.2 Å². The first-order valence-electron chi connectivity index (χ1n) is 5.29. The van der Waals surface area contributed by atoms with Crippen molar-refractivity contribution in [2.45, 2.75) is 4.33 Å². The van der Waals surface area contributed by atoms with E-state index in [1.165, 1.54) is 0 Å². The Morgan fingerprint density at radius 1 is 0.882 bits per heavy atom. The number of halogens is 2. The number of rotatable bonds is 3. The quantitative estimate of drug-likeness (QED) is 0.834. The molecule has 2 rings (SSSR count). The number of aliphatic hydroxyl groups excluding tert-OH is 1. The third-order valence-corrected chi connectivity index (χ3v) is 3.25. The van der Waals surface area contributed by atoms with Gasteiger partial charge in [0.1, 0.15) is 0 Å². The summed E-state index contributed by atoms with van der Waals surface area (Å²) in [4.78, 5) is 0. The van der Waals surface area contributed by atoms with Gasteiger partial charge < -0.3 is 5.11 Å². The molecule has 0 heterocycles. The predicted octanol–water partition coefficient (Wildman–Crippen LogP) is 3.98. The zero-order valence-corrected chi connectivity index (χ0v) is 10.6. The molecule has 0 amide bonds. The fourth-order valence-corrected chi connectivity index (χ4v) is 2.09. The Morgan fingerprint density at radius 3 is 2.12 bits per heavy atom. The Hall–Kier alpha value is -1.02. The van der Waals surface area contributed by atoms with Crippen molar-refractivity contribution in [3.8, 4) is 11.1 Å². The molecule has 0 unspecified atom stereocenters. The van der Waals surface area contributed by atoms with Crippen molar-refractivity contribution >= 4 is 23.2 Å². The van der Waals surface area contributed by atoms with Crippen molar-refractivity contribution in [1.82, 2.24) is 0 Å². The van der Waals surface area contributed by atoms with Gasteiger partial charge in [-0.2, -0.15) is 0 Å². The van der Waals surface area contributed by atoms with Crippen molar-refractivity contribution in [2.24, 2.45) is 0 Å². The Balaban J connectivity index is 2.56. The van der Waals surface area contributed by atoms with Gasteiger partial charge in [-0.1, -0.05) is 77.8 Å². The Morgan fingerprint density at radius 2 is 1.47 bits per heavy atom. The van der Waals surface area contributed by atoms with Crippen LogP contribution in [0.2, 0.25) is 0 Å². The highest BCUT2D eigenvalue weighted by Crippen LogP contribution is 2.39. The van der Waals surface area contributed by atoms with Crippen molar-refractivity contribution < 1.29 is 5.11 Å². The van der Waals surface area contributed by atoms with Crippen LogP contribution >= 0.6 is 23.2 Å². The van der Waals surface area contributed by atoms with Gasteiger partial charge in [0, 0.05) is 0 Å². The van der Waals surface area contributed by atoms with Crippen LogP contribution in [0.25, 0.3) is 11.1 Å². The van der Waals surface area contributed by atoms with Crippen LogP contribution in [-0.4, -0.2) is 11.7 Å². The third-order valence-electron chi connectivity index (χ3n) is 2.60. The minimum Gasteiger partial charge on any atom is -0.393 e. The van der Waals surface area contributed by atoms with Crippen LogP contribution in [0.15, 0.2) is 54.6 Å². The molecule has 1 nitrogen and oxygen atoms in total. The number of alkyl halides is 2. The largest absolute Gasteiger partial charge is 0.393 e. The summed E-state index contributed by atoms with van der Waals surface area (Å²) >= 11 is 12.2. The molecule has 0 aromatic heterocycles. The SMILES string of the molecule is OCC(Cl)(Cl)c1ccccc1-c1ccccc1. The molecule has 17 heavy (non-hydrogen) atoms.